The Hall–Kier alpha value is -2.54. The number of carbonyl (C=O) groups is 2. The number of hydrogen-bond donors (Lipinski definition) is 4. The smallest absolute Gasteiger partial charge is 0.348 e. The van der Waals surface area contributed by atoms with Gasteiger partial charge in [-0.3, -0.25) is 4.79 Å². The zero-order valence-corrected chi connectivity index (χ0v) is 10.3. The van der Waals surface area contributed by atoms with Crippen molar-refractivity contribution in [3.05, 3.63) is 40.1 Å². The molecule has 19 heavy (non-hydrogen) atoms. The maximum atomic E-state index is 11.9. The molecule has 0 radical (unpaired) electrons. The fourth-order valence-corrected chi connectivity index (χ4v) is 2.12. The molecular weight excluding hydrogens is 270 g/mol. The van der Waals surface area contributed by atoms with Gasteiger partial charge in [-0.2, -0.15) is 0 Å². The summed E-state index contributed by atoms with van der Waals surface area (Å²) in [5.41, 5.74) is 0.299. The third kappa shape index (κ3) is 2.66. The Morgan fingerprint density at radius 1 is 1.11 bits per heavy atom. The number of carboxylic acids is 1. The van der Waals surface area contributed by atoms with Gasteiger partial charge in [0.1, 0.15) is 4.88 Å². The molecule has 0 bridgehead atoms. The van der Waals surface area contributed by atoms with Crippen LogP contribution in [-0.2, 0) is 0 Å². The standard InChI is InChI=1S/C12H9NO5S/c14-8-2-1-6(5-9(8)15)11(16)13-7-3-4-19-10(7)12(17)18/h1-5,14-15H,(H,13,16)(H,17,18). The van der Waals surface area contributed by atoms with Crippen molar-refractivity contribution in [2.24, 2.45) is 0 Å². The second-order valence-electron chi connectivity index (χ2n) is 3.63. The number of rotatable bonds is 3. The quantitative estimate of drug-likeness (QED) is 0.644. The lowest BCUT2D eigenvalue weighted by Crippen LogP contribution is -2.13. The molecule has 2 rings (SSSR count). The Morgan fingerprint density at radius 3 is 2.47 bits per heavy atom. The van der Waals surface area contributed by atoms with E-state index in [4.69, 9.17) is 10.2 Å². The first kappa shape index (κ1) is 12.9. The van der Waals surface area contributed by atoms with Crippen molar-refractivity contribution in [1.29, 1.82) is 0 Å². The number of carbonyl (C=O) groups excluding carboxylic acids is 1. The molecule has 0 unspecified atom stereocenters. The van der Waals surface area contributed by atoms with Gasteiger partial charge in [-0.05, 0) is 29.6 Å². The molecule has 4 N–H and O–H groups in total. The van der Waals surface area contributed by atoms with E-state index >= 15 is 0 Å². The van der Waals surface area contributed by atoms with Crippen molar-refractivity contribution in [2.75, 3.05) is 5.32 Å². The number of benzene rings is 1. The number of phenolic OH excluding ortho intramolecular Hbond substituents is 2. The molecule has 1 aromatic heterocycles. The van der Waals surface area contributed by atoms with Crippen molar-refractivity contribution in [1.82, 2.24) is 0 Å². The minimum Gasteiger partial charge on any atom is -0.504 e. The van der Waals surface area contributed by atoms with Gasteiger partial charge in [-0.15, -0.1) is 11.3 Å². The first-order chi connectivity index (χ1) is 8.99. The van der Waals surface area contributed by atoms with Gasteiger partial charge in [0.15, 0.2) is 11.5 Å². The van der Waals surface area contributed by atoms with Crippen LogP contribution in [-0.4, -0.2) is 27.2 Å². The normalized spacial score (nSPS) is 10.1. The number of anilines is 1. The van der Waals surface area contributed by atoms with Crippen LogP contribution in [0, 0.1) is 0 Å². The van der Waals surface area contributed by atoms with Gasteiger partial charge in [0, 0.05) is 5.56 Å². The number of nitrogens with one attached hydrogen (secondary N) is 1. The van der Waals surface area contributed by atoms with E-state index in [-0.39, 0.29) is 21.9 Å². The van der Waals surface area contributed by atoms with Crippen LogP contribution in [0.25, 0.3) is 0 Å². The first-order valence-electron chi connectivity index (χ1n) is 5.13. The largest absolute Gasteiger partial charge is 0.504 e. The summed E-state index contributed by atoms with van der Waals surface area (Å²) in [6.07, 6.45) is 0. The summed E-state index contributed by atoms with van der Waals surface area (Å²) in [6, 6.07) is 5.07. The second-order valence-corrected chi connectivity index (χ2v) is 4.54. The lowest BCUT2D eigenvalue weighted by atomic mass is 10.2. The van der Waals surface area contributed by atoms with Crippen LogP contribution in [0.4, 0.5) is 5.69 Å². The highest BCUT2D eigenvalue weighted by molar-refractivity contribution is 7.12. The highest BCUT2D eigenvalue weighted by atomic mass is 32.1. The van der Waals surface area contributed by atoms with Crippen LogP contribution in [0.15, 0.2) is 29.6 Å². The average Bonchev–Trinajstić information content (AvgIpc) is 2.80. The van der Waals surface area contributed by atoms with E-state index in [0.717, 1.165) is 17.4 Å². The molecule has 0 aliphatic rings. The summed E-state index contributed by atoms with van der Waals surface area (Å²) in [6.45, 7) is 0. The molecule has 98 valence electrons. The average molecular weight is 279 g/mol. The zero-order valence-electron chi connectivity index (χ0n) is 9.45. The SMILES string of the molecule is O=C(Nc1ccsc1C(=O)O)c1ccc(O)c(O)c1. The van der Waals surface area contributed by atoms with E-state index in [0.29, 0.717) is 0 Å². The Labute approximate surface area is 111 Å². The summed E-state index contributed by atoms with van der Waals surface area (Å²) in [5, 5.41) is 31.3. The second kappa shape index (κ2) is 4.99. The van der Waals surface area contributed by atoms with Gasteiger partial charge in [0.2, 0.25) is 0 Å². The molecule has 1 amide bonds. The summed E-state index contributed by atoms with van der Waals surface area (Å²) >= 11 is 0.997. The Kier molecular flexibility index (Phi) is 3.39. The molecule has 0 spiro atoms. The molecule has 7 heteroatoms. The monoisotopic (exact) mass is 279 g/mol. The Bertz CT molecular complexity index is 649. The minimum atomic E-state index is -1.13. The summed E-state index contributed by atoms with van der Waals surface area (Å²) in [4.78, 5) is 22.8. The highest BCUT2D eigenvalue weighted by Crippen LogP contribution is 2.26. The van der Waals surface area contributed by atoms with E-state index in [1.54, 1.807) is 5.38 Å². The summed E-state index contributed by atoms with van der Waals surface area (Å²) in [7, 11) is 0. The van der Waals surface area contributed by atoms with Gasteiger partial charge >= 0.3 is 5.97 Å². The van der Waals surface area contributed by atoms with Crippen LogP contribution < -0.4 is 5.32 Å². The number of phenols is 2. The number of thiophene rings is 1. The molecule has 0 saturated carbocycles. The minimum absolute atomic E-state index is 0.0244. The van der Waals surface area contributed by atoms with Crippen molar-refractivity contribution in [3.8, 4) is 11.5 Å². The van der Waals surface area contributed by atoms with Gasteiger partial charge in [-0.1, -0.05) is 0 Å². The number of aromatic hydroxyl groups is 2. The molecule has 0 fully saturated rings. The van der Waals surface area contributed by atoms with E-state index in [2.05, 4.69) is 5.32 Å². The Morgan fingerprint density at radius 2 is 1.84 bits per heavy atom. The number of hydrogen-bond acceptors (Lipinski definition) is 5. The lowest BCUT2D eigenvalue weighted by molar-refractivity contribution is 0.0703. The fourth-order valence-electron chi connectivity index (χ4n) is 1.43. The van der Waals surface area contributed by atoms with Gasteiger partial charge in [-0.25, -0.2) is 4.79 Å². The predicted octanol–water partition coefficient (Wildman–Crippen LogP) is 2.11. The van der Waals surface area contributed by atoms with E-state index in [1.165, 1.54) is 18.2 Å². The van der Waals surface area contributed by atoms with Crippen LogP contribution >= 0.6 is 11.3 Å². The molecule has 1 aromatic carbocycles. The number of aromatic carboxylic acids is 1. The third-order valence-electron chi connectivity index (χ3n) is 2.35. The van der Waals surface area contributed by atoms with Crippen LogP contribution in [0.2, 0.25) is 0 Å². The molecule has 0 aliphatic heterocycles. The lowest BCUT2D eigenvalue weighted by Gasteiger charge is -2.05. The molecule has 0 atom stereocenters. The maximum Gasteiger partial charge on any atom is 0.348 e. The van der Waals surface area contributed by atoms with E-state index in [1.807, 2.05) is 0 Å². The maximum absolute atomic E-state index is 11.9. The van der Waals surface area contributed by atoms with Crippen LogP contribution in [0.1, 0.15) is 20.0 Å². The van der Waals surface area contributed by atoms with E-state index in [9.17, 15) is 14.7 Å². The topological polar surface area (TPSA) is 107 Å². The van der Waals surface area contributed by atoms with Gasteiger partial charge in [0.25, 0.3) is 5.91 Å². The van der Waals surface area contributed by atoms with Gasteiger partial charge < -0.3 is 20.6 Å². The fraction of sp³-hybridized carbons (Fsp3) is 0. The highest BCUT2D eigenvalue weighted by Gasteiger charge is 2.15. The summed E-state index contributed by atoms with van der Waals surface area (Å²) in [5.74, 6) is -2.45. The predicted molar refractivity (Wildman–Crippen MR) is 69.0 cm³/mol. The van der Waals surface area contributed by atoms with Crippen molar-refractivity contribution in [2.45, 2.75) is 0 Å². The molecule has 6 nitrogen and oxygen atoms in total. The number of carboxylic acid groups (broad SMARTS) is 1. The van der Waals surface area contributed by atoms with Crippen molar-refractivity contribution >= 4 is 28.9 Å². The number of amides is 1. The van der Waals surface area contributed by atoms with Crippen molar-refractivity contribution in [3.63, 3.8) is 0 Å². The van der Waals surface area contributed by atoms with Crippen LogP contribution in [0.5, 0.6) is 11.5 Å². The molecule has 1 heterocycles. The first-order valence-corrected chi connectivity index (χ1v) is 6.01. The molecular formula is C12H9NO5S. The van der Waals surface area contributed by atoms with E-state index < -0.39 is 17.6 Å². The summed E-state index contributed by atoms with van der Waals surface area (Å²) < 4.78 is 0. The molecule has 2 aromatic rings. The Balaban J connectivity index is 2.23. The zero-order chi connectivity index (χ0) is 14.0. The van der Waals surface area contributed by atoms with Crippen molar-refractivity contribution < 1.29 is 24.9 Å². The third-order valence-corrected chi connectivity index (χ3v) is 3.25. The van der Waals surface area contributed by atoms with Crippen LogP contribution in [0.3, 0.4) is 0 Å². The van der Waals surface area contributed by atoms with Gasteiger partial charge in [0.05, 0.1) is 5.69 Å². The molecule has 0 saturated heterocycles. The molecule has 0 aliphatic carbocycles.